The van der Waals surface area contributed by atoms with E-state index in [0.717, 1.165) is 15.6 Å². The van der Waals surface area contributed by atoms with Gasteiger partial charge in [0.2, 0.25) is 15.9 Å². The van der Waals surface area contributed by atoms with Crippen LogP contribution in [0.2, 0.25) is 0 Å². The van der Waals surface area contributed by atoms with Gasteiger partial charge in [-0.15, -0.1) is 0 Å². The smallest absolute Gasteiger partial charge is 0.243 e. The molecule has 1 amide bonds. The van der Waals surface area contributed by atoms with Crippen LogP contribution in [0.3, 0.4) is 0 Å². The van der Waals surface area contributed by atoms with Gasteiger partial charge in [-0.3, -0.25) is 4.79 Å². The van der Waals surface area contributed by atoms with Gasteiger partial charge in [0.25, 0.3) is 0 Å². The lowest BCUT2D eigenvalue weighted by molar-refractivity contribution is -0.120. The summed E-state index contributed by atoms with van der Waals surface area (Å²) in [6.07, 6.45) is 1.35. The Hall–Kier alpha value is -1.70. The lowest BCUT2D eigenvalue weighted by Crippen LogP contribution is -2.43. The van der Waals surface area contributed by atoms with Gasteiger partial charge in [-0.05, 0) is 68.1 Å². The Morgan fingerprint density at radius 2 is 1.85 bits per heavy atom. The minimum Gasteiger partial charge on any atom is -0.326 e. The van der Waals surface area contributed by atoms with Crippen LogP contribution in [0.1, 0.15) is 24.0 Å². The van der Waals surface area contributed by atoms with Crippen molar-refractivity contribution in [3.63, 3.8) is 0 Å². The molecule has 144 valence electrons. The summed E-state index contributed by atoms with van der Waals surface area (Å²) in [6.45, 7) is 4.33. The van der Waals surface area contributed by atoms with Crippen molar-refractivity contribution < 1.29 is 13.2 Å². The molecule has 1 saturated heterocycles. The van der Waals surface area contributed by atoms with E-state index in [4.69, 9.17) is 0 Å². The lowest BCUT2D eigenvalue weighted by Gasteiger charge is -2.31. The summed E-state index contributed by atoms with van der Waals surface area (Å²) < 4.78 is 28.6. The number of halogens is 1. The Bertz CT molecular complexity index is 942. The van der Waals surface area contributed by atoms with Gasteiger partial charge in [-0.2, -0.15) is 4.31 Å². The van der Waals surface area contributed by atoms with Crippen LogP contribution in [0.5, 0.6) is 0 Å². The van der Waals surface area contributed by atoms with Crippen LogP contribution >= 0.6 is 15.9 Å². The highest BCUT2D eigenvalue weighted by Gasteiger charge is 2.34. The van der Waals surface area contributed by atoms with Gasteiger partial charge in [0.05, 0.1) is 10.8 Å². The number of hydrogen-bond donors (Lipinski definition) is 1. The zero-order chi connectivity index (χ0) is 19.6. The number of anilines is 1. The summed E-state index contributed by atoms with van der Waals surface area (Å²) in [4.78, 5) is 13.0. The topological polar surface area (TPSA) is 66.5 Å². The van der Waals surface area contributed by atoms with Gasteiger partial charge < -0.3 is 5.32 Å². The Kier molecular flexibility index (Phi) is 6.03. The predicted octanol–water partition coefficient (Wildman–Crippen LogP) is 4.11. The average molecular weight is 451 g/mol. The molecular formula is C20H23BrN2O3S. The fourth-order valence-corrected chi connectivity index (χ4v) is 5.37. The van der Waals surface area contributed by atoms with Crippen LogP contribution < -0.4 is 5.32 Å². The number of sulfonamides is 1. The molecule has 7 heteroatoms. The second-order valence-corrected chi connectivity index (χ2v) is 9.79. The monoisotopic (exact) mass is 450 g/mol. The molecule has 5 nitrogen and oxygen atoms in total. The highest BCUT2D eigenvalue weighted by Crippen LogP contribution is 2.27. The van der Waals surface area contributed by atoms with Crippen molar-refractivity contribution in [3.8, 4) is 0 Å². The van der Waals surface area contributed by atoms with Gasteiger partial charge in [-0.25, -0.2) is 8.42 Å². The van der Waals surface area contributed by atoms with Crippen molar-refractivity contribution in [2.75, 3.05) is 18.4 Å². The fourth-order valence-electron chi connectivity index (χ4n) is 3.28. The van der Waals surface area contributed by atoms with Crippen molar-refractivity contribution in [1.29, 1.82) is 0 Å². The van der Waals surface area contributed by atoms with Crippen molar-refractivity contribution >= 4 is 37.5 Å². The van der Waals surface area contributed by atoms with Crippen LogP contribution in [0.4, 0.5) is 5.69 Å². The molecule has 27 heavy (non-hydrogen) atoms. The average Bonchev–Trinajstić information content (AvgIpc) is 2.65. The van der Waals surface area contributed by atoms with Gasteiger partial charge in [0.15, 0.2) is 0 Å². The number of benzene rings is 2. The predicted molar refractivity (Wildman–Crippen MR) is 110 cm³/mol. The number of piperidine rings is 1. The highest BCUT2D eigenvalue weighted by molar-refractivity contribution is 9.10. The van der Waals surface area contributed by atoms with Crippen molar-refractivity contribution in [1.82, 2.24) is 4.31 Å². The van der Waals surface area contributed by atoms with Crippen molar-refractivity contribution in [2.45, 2.75) is 31.6 Å². The molecule has 1 aliphatic heterocycles. The third-order valence-corrected chi connectivity index (χ3v) is 7.36. The second-order valence-electron chi connectivity index (χ2n) is 6.97. The number of rotatable bonds is 4. The summed E-state index contributed by atoms with van der Waals surface area (Å²) in [6, 6.07) is 12.8. The number of aryl methyl sites for hydroxylation is 2. The Labute approximate surface area is 169 Å². The number of nitrogens with zero attached hydrogens (tertiary/aromatic N) is 1. The van der Waals surface area contributed by atoms with E-state index in [-0.39, 0.29) is 18.4 Å². The summed E-state index contributed by atoms with van der Waals surface area (Å²) in [5.41, 5.74) is 2.33. The molecule has 2 aromatic carbocycles. The largest absolute Gasteiger partial charge is 0.326 e. The number of nitrogens with one attached hydrogen (secondary N) is 1. The van der Waals surface area contributed by atoms with Crippen LogP contribution in [-0.2, 0) is 14.8 Å². The molecule has 1 atom stereocenters. The molecule has 1 heterocycles. The Morgan fingerprint density at radius 1 is 1.15 bits per heavy atom. The van der Waals surface area contributed by atoms with Crippen LogP contribution in [-0.4, -0.2) is 31.7 Å². The summed E-state index contributed by atoms with van der Waals surface area (Å²) in [5.74, 6) is -0.500. The number of hydrogen-bond acceptors (Lipinski definition) is 3. The molecule has 1 unspecified atom stereocenters. The van der Waals surface area contributed by atoms with E-state index in [1.54, 1.807) is 13.0 Å². The maximum absolute atomic E-state index is 13.1. The first kappa shape index (κ1) is 20.0. The third-order valence-electron chi connectivity index (χ3n) is 4.83. The van der Waals surface area contributed by atoms with E-state index in [2.05, 4.69) is 21.2 Å². The molecule has 0 spiro atoms. The third kappa shape index (κ3) is 4.59. The standard InChI is InChI=1S/C20H23BrN2O3S/c1-14-5-6-15(2)19(12-14)27(25,26)23-11-3-4-16(13-23)20(24)22-18-9-7-17(21)8-10-18/h5-10,12,16H,3-4,11,13H2,1-2H3,(H,22,24). The maximum atomic E-state index is 13.1. The van der Waals surface area contributed by atoms with Crippen LogP contribution in [0.15, 0.2) is 51.8 Å². The van der Waals surface area contributed by atoms with Crippen molar-refractivity contribution in [3.05, 3.63) is 58.1 Å². The number of carbonyl (C=O) groups excluding carboxylic acids is 1. The first-order chi connectivity index (χ1) is 12.8. The molecule has 0 bridgehead atoms. The first-order valence-electron chi connectivity index (χ1n) is 8.91. The zero-order valence-electron chi connectivity index (χ0n) is 15.4. The van der Waals surface area contributed by atoms with Gasteiger partial charge in [0, 0.05) is 23.2 Å². The quantitative estimate of drug-likeness (QED) is 0.761. The lowest BCUT2D eigenvalue weighted by atomic mass is 9.99. The van der Waals surface area contributed by atoms with E-state index < -0.39 is 10.0 Å². The zero-order valence-corrected chi connectivity index (χ0v) is 17.8. The molecule has 0 saturated carbocycles. The number of amides is 1. The van der Waals surface area contributed by atoms with Crippen LogP contribution in [0.25, 0.3) is 0 Å². The molecule has 0 radical (unpaired) electrons. The number of carbonyl (C=O) groups is 1. The summed E-state index contributed by atoms with van der Waals surface area (Å²) >= 11 is 3.36. The minimum absolute atomic E-state index is 0.141. The van der Waals surface area contributed by atoms with E-state index in [9.17, 15) is 13.2 Å². The normalized spacial score (nSPS) is 18.3. The SMILES string of the molecule is Cc1ccc(C)c(S(=O)(=O)N2CCCC(C(=O)Nc3ccc(Br)cc3)C2)c1. The second kappa shape index (κ2) is 8.12. The van der Waals surface area contributed by atoms with E-state index in [1.165, 1.54) is 4.31 Å². The molecule has 1 fully saturated rings. The van der Waals surface area contributed by atoms with Crippen molar-refractivity contribution in [2.24, 2.45) is 5.92 Å². The van der Waals surface area contributed by atoms with Gasteiger partial charge >= 0.3 is 0 Å². The van der Waals surface area contributed by atoms with E-state index in [1.807, 2.05) is 43.3 Å². The molecule has 1 aliphatic rings. The molecule has 2 aromatic rings. The molecule has 0 aromatic heterocycles. The Balaban J connectivity index is 1.76. The van der Waals surface area contributed by atoms with Crippen LogP contribution in [0, 0.1) is 19.8 Å². The van der Waals surface area contributed by atoms with E-state index in [0.29, 0.717) is 30.0 Å². The summed E-state index contributed by atoms with van der Waals surface area (Å²) in [7, 11) is -3.61. The molecule has 3 rings (SSSR count). The molecule has 1 N–H and O–H groups in total. The highest BCUT2D eigenvalue weighted by atomic mass is 79.9. The van der Waals surface area contributed by atoms with Gasteiger partial charge in [-0.1, -0.05) is 28.1 Å². The Morgan fingerprint density at radius 3 is 2.56 bits per heavy atom. The molecular weight excluding hydrogens is 428 g/mol. The van der Waals surface area contributed by atoms with Gasteiger partial charge in [0.1, 0.15) is 0 Å². The first-order valence-corrected chi connectivity index (χ1v) is 11.1. The molecule has 0 aliphatic carbocycles. The minimum atomic E-state index is -3.61. The van der Waals surface area contributed by atoms with E-state index >= 15 is 0 Å². The summed E-state index contributed by atoms with van der Waals surface area (Å²) in [5, 5.41) is 2.89. The fraction of sp³-hybridized carbons (Fsp3) is 0.350. The maximum Gasteiger partial charge on any atom is 0.243 e.